The lowest BCUT2D eigenvalue weighted by molar-refractivity contribution is 0.491. The second-order valence-corrected chi connectivity index (χ2v) is 4.45. The van der Waals surface area contributed by atoms with Crippen LogP contribution < -0.4 is 4.90 Å². The standard InChI is InChI=1S/C12H14F2N2/c1-12(2,7-15)8-16(3)11-5-4-9(13)6-10(11)14/h4-6H,8H2,1-3H3. The summed E-state index contributed by atoms with van der Waals surface area (Å²) in [5.74, 6) is -1.22. The number of hydrogen-bond donors (Lipinski definition) is 0. The summed E-state index contributed by atoms with van der Waals surface area (Å²) in [6, 6.07) is 5.55. The fourth-order valence-corrected chi connectivity index (χ4v) is 1.50. The Labute approximate surface area is 94.1 Å². The molecule has 0 fully saturated rings. The lowest BCUT2D eigenvalue weighted by Gasteiger charge is -2.26. The molecule has 1 aromatic rings. The van der Waals surface area contributed by atoms with Gasteiger partial charge < -0.3 is 4.90 Å². The van der Waals surface area contributed by atoms with Gasteiger partial charge in [0.2, 0.25) is 0 Å². The molecule has 2 nitrogen and oxygen atoms in total. The summed E-state index contributed by atoms with van der Waals surface area (Å²) in [5, 5.41) is 8.87. The summed E-state index contributed by atoms with van der Waals surface area (Å²) < 4.78 is 26.1. The van der Waals surface area contributed by atoms with Crippen LogP contribution in [0.4, 0.5) is 14.5 Å². The van der Waals surface area contributed by atoms with Crippen LogP contribution in [0.1, 0.15) is 13.8 Å². The molecular weight excluding hydrogens is 210 g/mol. The van der Waals surface area contributed by atoms with Crippen LogP contribution in [0, 0.1) is 28.4 Å². The van der Waals surface area contributed by atoms with E-state index in [9.17, 15) is 8.78 Å². The molecule has 1 rings (SSSR count). The monoisotopic (exact) mass is 224 g/mol. The molecule has 0 unspecified atom stereocenters. The van der Waals surface area contributed by atoms with Gasteiger partial charge in [-0.2, -0.15) is 5.26 Å². The highest BCUT2D eigenvalue weighted by Crippen LogP contribution is 2.23. The van der Waals surface area contributed by atoms with E-state index in [2.05, 4.69) is 6.07 Å². The molecule has 0 bridgehead atoms. The highest BCUT2D eigenvalue weighted by molar-refractivity contribution is 5.47. The normalized spacial score (nSPS) is 11.0. The molecule has 1 aromatic carbocycles. The smallest absolute Gasteiger partial charge is 0.149 e. The molecule has 0 aliphatic heterocycles. The second-order valence-electron chi connectivity index (χ2n) is 4.45. The van der Waals surface area contributed by atoms with Gasteiger partial charge in [-0.1, -0.05) is 0 Å². The zero-order valence-corrected chi connectivity index (χ0v) is 9.59. The summed E-state index contributed by atoms with van der Waals surface area (Å²) >= 11 is 0. The van der Waals surface area contributed by atoms with Crippen LogP contribution in [0.25, 0.3) is 0 Å². The fourth-order valence-electron chi connectivity index (χ4n) is 1.50. The molecule has 0 aliphatic carbocycles. The van der Waals surface area contributed by atoms with Crippen LogP contribution in [0.2, 0.25) is 0 Å². The minimum Gasteiger partial charge on any atom is -0.371 e. The maximum Gasteiger partial charge on any atom is 0.149 e. The molecule has 16 heavy (non-hydrogen) atoms. The summed E-state index contributed by atoms with van der Waals surface area (Å²) in [6.07, 6.45) is 0. The van der Waals surface area contributed by atoms with Crippen LogP contribution in [0.3, 0.4) is 0 Å². The Morgan fingerprint density at radius 2 is 2.00 bits per heavy atom. The molecular formula is C12H14F2N2. The summed E-state index contributed by atoms with van der Waals surface area (Å²) in [6.45, 7) is 3.92. The molecule has 0 aliphatic rings. The topological polar surface area (TPSA) is 27.0 Å². The Balaban J connectivity index is 2.90. The van der Waals surface area contributed by atoms with Gasteiger partial charge in [0, 0.05) is 19.7 Å². The highest BCUT2D eigenvalue weighted by Gasteiger charge is 2.20. The molecule has 0 saturated heterocycles. The third-order valence-electron chi connectivity index (χ3n) is 2.26. The van der Waals surface area contributed by atoms with Crippen molar-refractivity contribution in [3.8, 4) is 6.07 Å². The maximum atomic E-state index is 13.4. The van der Waals surface area contributed by atoms with Gasteiger partial charge in [0.05, 0.1) is 17.2 Å². The summed E-state index contributed by atoms with van der Waals surface area (Å²) in [5.41, 5.74) is -0.278. The molecule has 4 heteroatoms. The van der Waals surface area contributed by atoms with Crippen molar-refractivity contribution in [2.24, 2.45) is 5.41 Å². The van der Waals surface area contributed by atoms with E-state index in [1.807, 2.05) is 0 Å². The number of hydrogen-bond acceptors (Lipinski definition) is 2. The molecule has 0 atom stereocenters. The van der Waals surface area contributed by atoms with E-state index in [0.717, 1.165) is 6.07 Å². The van der Waals surface area contributed by atoms with E-state index in [-0.39, 0.29) is 0 Å². The van der Waals surface area contributed by atoms with Gasteiger partial charge in [0.1, 0.15) is 11.6 Å². The molecule has 0 saturated carbocycles. The van der Waals surface area contributed by atoms with Gasteiger partial charge >= 0.3 is 0 Å². The second kappa shape index (κ2) is 4.48. The van der Waals surface area contributed by atoms with Gasteiger partial charge in [-0.3, -0.25) is 0 Å². The Morgan fingerprint density at radius 1 is 1.38 bits per heavy atom. The minimum absolute atomic E-state index is 0.296. The molecule has 0 N–H and O–H groups in total. The number of benzene rings is 1. The largest absolute Gasteiger partial charge is 0.371 e. The third kappa shape index (κ3) is 2.93. The number of rotatable bonds is 3. The molecule has 0 aromatic heterocycles. The average molecular weight is 224 g/mol. The van der Waals surface area contributed by atoms with Crippen LogP contribution >= 0.6 is 0 Å². The van der Waals surface area contributed by atoms with E-state index < -0.39 is 17.0 Å². The van der Waals surface area contributed by atoms with Gasteiger partial charge in [0.25, 0.3) is 0 Å². The number of nitrogens with zero attached hydrogens (tertiary/aromatic N) is 2. The van der Waals surface area contributed by atoms with Crippen molar-refractivity contribution < 1.29 is 8.78 Å². The quantitative estimate of drug-likeness (QED) is 0.789. The molecule has 0 amide bonds. The Kier molecular flexibility index (Phi) is 3.48. The van der Waals surface area contributed by atoms with E-state index >= 15 is 0 Å². The Bertz CT molecular complexity index is 422. The molecule has 0 heterocycles. The van der Waals surface area contributed by atoms with E-state index in [1.165, 1.54) is 12.1 Å². The van der Waals surface area contributed by atoms with E-state index in [1.54, 1.807) is 25.8 Å². The average Bonchev–Trinajstić information content (AvgIpc) is 2.16. The van der Waals surface area contributed by atoms with Crippen molar-refractivity contribution in [1.82, 2.24) is 0 Å². The fraction of sp³-hybridized carbons (Fsp3) is 0.417. The predicted octanol–water partition coefficient (Wildman–Crippen LogP) is 2.95. The lowest BCUT2D eigenvalue weighted by atomic mass is 9.95. The van der Waals surface area contributed by atoms with Crippen molar-refractivity contribution in [2.75, 3.05) is 18.5 Å². The molecule has 0 radical (unpaired) electrons. The van der Waals surface area contributed by atoms with Gasteiger partial charge in [0.15, 0.2) is 0 Å². The maximum absolute atomic E-state index is 13.4. The first-order chi connectivity index (χ1) is 7.35. The van der Waals surface area contributed by atoms with Crippen LogP contribution in [-0.2, 0) is 0 Å². The highest BCUT2D eigenvalue weighted by atomic mass is 19.1. The lowest BCUT2D eigenvalue weighted by Crippen LogP contribution is -2.30. The number of anilines is 1. The van der Waals surface area contributed by atoms with Crippen LogP contribution in [0.5, 0.6) is 0 Å². The third-order valence-corrected chi connectivity index (χ3v) is 2.26. The molecule has 86 valence electrons. The Hall–Kier alpha value is -1.63. The van der Waals surface area contributed by atoms with Crippen LogP contribution in [-0.4, -0.2) is 13.6 Å². The number of halogens is 2. The van der Waals surface area contributed by atoms with Crippen molar-refractivity contribution in [1.29, 1.82) is 5.26 Å². The van der Waals surface area contributed by atoms with Gasteiger partial charge in [-0.15, -0.1) is 0 Å². The minimum atomic E-state index is -0.615. The zero-order valence-electron chi connectivity index (χ0n) is 9.59. The summed E-state index contributed by atoms with van der Waals surface area (Å²) in [7, 11) is 1.68. The first-order valence-electron chi connectivity index (χ1n) is 4.93. The van der Waals surface area contributed by atoms with Gasteiger partial charge in [-0.25, -0.2) is 8.78 Å². The van der Waals surface area contributed by atoms with Crippen LogP contribution in [0.15, 0.2) is 18.2 Å². The van der Waals surface area contributed by atoms with Crippen molar-refractivity contribution >= 4 is 5.69 Å². The van der Waals surface area contributed by atoms with E-state index in [0.29, 0.717) is 12.2 Å². The van der Waals surface area contributed by atoms with E-state index in [4.69, 9.17) is 5.26 Å². The Morgan fingerprint density at radius 3 is 2.50 bits per heavy atom. The first-order valence-corrected chi connectivity index (χ1v) is 4.93. The van der Waals surface area contributed by atoms with Crippen molar-refractivity contribution in [2.45, 2.75) is 13.8 Å². The predicted molar refractivity (Wildman–Crippen MR) is 59.0 cm³/mol. The van der Waals surface area contributed by atoms with Crippen molar-refractivity contribution in [3.05, 3.63) is 29.8 Å². The van der Waals surface area contributed by atoms with Gasteiger partial charge in [-0.05, 0) is 26.0 Å². The summed E-state index contributed by atoms with van der Waals surface area (Å²) in [4.78, 5) is 1.61. The van der Waals surface area contributed by atoms with Crippen molar-refractivity contribution in [3.63, 3.8) is 0 Å². The number of nitriles is 1. The molecule has 0 spiro atoms. The first kappa shape index (κ1) is 12.4. The SMILES string of the molecule is CN(CC(C)(C)C#N)c1ccc(F)cc1F. The zero-order chi connectivity index (χ0) is 12.3.